The molecule has 2 saturated carbocycles. The molecule has 1 heterocycles. The van der Waals surface area contributed by atoms with Crippen LogP contribution in [-0.2, 0) is 4.79 Å². The first-order valence-corrected chi connectivity index (χ1v) is 7.71. The van der Waals surface area contributed by atoms with Crippen LogP contribution in [0.1, 0.15) is 57.2 Å². The standard InChI is InChI=1S/C13H19N3O2S/c1-8-4-6-13(7-5-8,11(17)18)15-12-14-10(16-19-12)9-2-3-9/h8-9H,2-7H2,1H3,(H,17,18)(H,14,15,16). The van der Waals surface area contributed by atoms with Gasteiger partial charge in [0, 0.05) is 17.5 Å². The van der Waals surface area contributed by atoms with Crippen LogP contribution in [0.3, 0.4) is 0 Å². The number of nitrogens with zero attached hydrogens (tertiary/aromatic N) is 2. The van der Waals surface area contributed by atoms with Crippen molar-refractivity contribution in [2.75, 3.05) is 5.32 Å². The predicted octanol–water partition coefficient (Wildman–Crippen LogP) is 2.86. The van der Waals surface area contributed by atoms with Crippen molar-refractivity contribution in [1.82, 2.24) is 9.36 Å². The lowest BCUT2D eigenvalue weighted by Gasteiger charge is -2.36. The molecule has 0 radical (unpaired) electrons. The van der Waals surface area contributed by atoms with Gasteiger partial charge in [0.1, 0.15) is 11.4 Å². The van der Waals surface area contributed by atoms with E-state index < -0.39 is 11.5 Å². The summed E-state index contributed by atoms with van der Waals surface area (Å²) in [6, 6.07) is 0. The maximum absolute atomic E-state index is 11.6. The number of hydrogen-bond donors (Lipinski definition) is 2. The predicted molar refractivity (Wildman–Crippen MR) is 73.5 cm³/mol. The number of carboxylic acid groups (broad SMARTS) is 1. The summed E-state index contributed by atoms with van der Waals surface area (Å²) in [6.07, 6.45) is 5.57. The third-order valence-electron chi connectivity index (χ3n) is 4.27. The van der Waals surface area contributed by atoms with Gasteiger partial charge in [0.15, 0.2) is 0 Å². The number of carboxylic acids is 1. The number of nitrogens with one attached hydrogen (secondary N) is 1. The van der Waals surface area contributed by atoms with E-state index in [-0.39, 0.29) is 0 Å². The quantitative estimate of drug-likeness (QED) is 0.887. The van der Waals surface area contributed by atoms with E-state index in [1.807, 2.05) is 0 Å². The molecule has 0 amide bonds. The van der Waals surface area contributed by atoms with Gasteiger partial charge in [-0.1, -0.05) is 6.92 Å². The van der Waals surface area contributed by atoms with Crippen LogP contribution in [0, 0.1) is 5.92 Å². The van der Waals surface area contributed by atoms with Crippen molar-refractivity contribution in [3.63, 3.8) is 0 Å². The van der Waals surface area contributed by atoms with Gasteiger partial charge in [-0.25, -0.2) is 9.78 Å². The van der Waals surface area contributed by atoms with Crippen molar-refractivity contribution in [1.29, 1.82) is 0 Å². The molecule has 5 nitrogen and oxygen atoms in total. The van der Waals surface area contributed by atoms with Crippen LogP contribution >= 0.6 is 11.5 Å². The second kappa shape index (κ2) is 4.74. The molecular weight excluding hydrogens is 262 g/mol. The molecular formula is C13H19N3O2S. The van der Waals surface area contributed by atoms with Gasteiger partial charge in [0.05, 0.1) is 0 Å². The first-order chi connectivity index (χ1) is 9.09. The van der Waals surface area contributed by atoms with E-state index in [4.69, 9.17) is 0 Å². The monoisotopic (exact) mass is 281 g/mol. The molecule has 2 N–H and O–H groups in total. The fraction of sp³-hybridized carbons (Fsp3) is 0.769. The largest absolute Gasteiger partial charge is 0.480 e. The number of anilines is 1. The van der Waals surface area contributed by atoms with Crippen molar-refractivity contribution in [2.24, 2.45) is 5.92 Å². The molecule has 0 aromatic carbocycles. The molecule has 104 valence electrons. The Morgan fingerprint density at radius 2 is 2.05 bits per heavy atom. The van der Waals surface area contributed by atoms with Crippen LogP contribution < -0.4 is 5.32 Å². The minimum absolute atomic E-state index is 0.513. The zero-order valence-corrected chi connectivity index (χ0v) is 11.9. The Balaban J connectivity index is 1.74. The van der Waals surface area contributed by atoms with E-state index in [0.29, 0.717) is 29.8 Å². The summed E-state index contributed by atoms with van der Waals surface area (Å²) in [5.74, 6) is 1.25. The molecule has 6 heteroatoms. The normalized spacial score (nSPS) is 31.1. The highest BCUT2D eigenvalue weighted by Gasteiger charge is 2.42. The summed E-state index contributed by atoms with van der Waals surface area (Å²) in [5, 5.41) is 13.4. The van der Waals surface area contributed by atoms with Crippen molar-refractivity contribution >= 4 is 22.6 Å². The van der Waals surface area contributed by atoms with Crippen LogP contribution in [0.15, 0.2) is 0 Å². The highest BCUT2D eigenvalue weighted by atomic mass is 32.1. The molecule has 19 heavy (non-hydrogen) atoms. The Kier molecular flexibility index (Phi) is 3.20. The number of hydrogen-bond acceptors (Lipinski definition) is 5. The second-order valence-corrected chi connectivity index (χ2v) is 6.68. The average Bonchev–Trinajstić information content (AvgIpc) is 3.13. The molecule has 1 aromatic rings. The summed E-state index contributed by atoms with van der Waals surface area (Å²) in [7, 11) is 0. The lowest BCUT2D eigenvalue weighted by molar-refractivity contribution is -0.143. The van der Waals surface area contributed by atoms with E-state index >= 15 is 0 Å². The smallest absolute Gasteiger partial charge is 0.329 e. The summed E-state index contributed by atoms with van der Waals surface area (Å²) >= 11 is 1.29. The van der Waals surface area contributed by atoms with Gasteiger partial charge in [-0.3, -0.25) is 0 Å². The number of aromatic nitrogens is 2. The highest BCUT2D eigenvalue weighted by Crippen LogP contribution is 2.40. The van der Waals surface area contributed by atoms with Crippen LogP contribution in [0.25, 0.3) is 0 Å². The molecule has 1 aromatic heterocycles. The Morgan fingerprint density at radius 1 is 1.37 bits per heavy atom. The number of carbonyl (C=O) groups is 1. The fourth-order valence-electron chi connectivity index (χ4n) is 2.64. The maximum Gasteiger partial charge on any atom is 0.329 e. The van der Waals surface area contributed by atoms with Gasteiger partial charge in [0.25, 0.3) is 0 Å². The molecule has 0 bridgehead atoms. The van der Waals surface area contributed by atoms with Gasteiger partial charge in [-0.15, -0.1) is 0 Å². The van der Waals surface area contributed by atoms with E-state index in [2.05, 4.69) is 21.6 Å². The van der Waals surface area contributed by atoms with Crippen molar-refractivity contribution in [2.45, 2.75) is 56.9 Å². The Bertz CT molecular complexity index is 476. The van der Waals surface area contributed by atoms with E-state index in [9.17, 15) is 9.90 Å². The van der Waals surface area contributed by atoms with E-state index in [1.54, 1.807) is 0 Å². The third-order valence-corrected chi connectivity index (χ3v) is 4.91. The van der Waals surface area contributed by atoms with E-state index in [0.717, 1.165) is 31.5 Å². The van der Waals surface area contributed by atoms with Gasteiger partial charge >= 0.3 is 5.97 Å². The highest BCUT2D eigenvalue weighted by molar-refractivity contribution is 7.09. The molecule has 0 atom stereocenters. The van der Waals surface area contributed by atoms with Gasteiger partial charge in [-0.2, -0.15) is 4.37 Å². The SMILES string of the molecule is CC1CCC(Nc2nc(C3CC3)ns2)(C(=O)O)CC1. The van der Waals surface area contributed by atoms with Gasteiger partial charge < -0.3 is 10.4 Å². The molecule has 2 aliphatic rings. The Morgan fingerprint density at radius 3 is 2.63 bits per heavy atom. The summed E-state index contributed by atoms with van der Waals surface area (Å²) in [5.41, 5.74) is -0.840. The molecule has 0 unspecified atom stereocenters. The minimum atomic E-state index is -0.840. The fourth-order valence-corrected chi connectivity index (χ4v) is 3.39. The molecule has 0 aliphatic heterocycles. The molecule has 2 fully saturated rings. The lowest BCUT2D eigenvalue weighted by atomic mass is 9.77. The van der Waals surface area contributed by atoms with Crippen molar-refractivity contribution in [3.8, 4) is 0 Å². The van der Waals surface area contributed by atoms with Gasteiger partial charge in [0.2, 0.25) is 5.13 Å². The van der Waals surface area contributed by atoms with Crippen LogP contribution in [0.4, 0.5) is 5.13 Å². The van der Waals surface area contributed by atoms with Crippen LogP contribution in [0.5, 0.6) is 0 Å². The second-order valence-electron chi connectivity index (χ2n) is 5.93. The first-order valence-electron chi connectivity index (χ1n) is 6.94. The number of rotatable bonds is 4. The Labute approximate surface area is 116 Å². The Hall–Kier alpha value is -1.17. The zero-order valence-electron chi connectivity index (χ0n) is 11.1. The van der Waals surface area contributed by atoms with Crippen molar-refractivity contribution in [3.05, 3.63) is 5.82 Å². The topological polar surface area (TPSA) is 75.1 Å². The molecule has 3 rings (SSSR count). The average molecular weight is 281 g/mol. The summed E-state index contributed by atoms with van der Waals surface area (Å²) < 4.78 is 4.32. The number of aliphatic carboxylic acids is 1. The molecule has 0 saturated heterocycles. The summed E-state index contributed by atoms with van der Waals surface area (Å²) in [6.45, 7) is 2.18. The van der Waals surface area contributed by atoms with Crippen molar-refractivity contribution < 1.29 is 9.90 Å². The minimum Gasteiger partial charge on any atom is -0.480 e. The molecule has 2 aliphatic carbocycles. The van der Waals surface area contributed by atoms with Gasteiger partial charge in [-0.05, 0) is 44.4 Å². The van der Waals surface area contributed by atoms with Crippen LogP contribution in [-0.4, -0.2) is 26.0 Å². The third kappa shape index (κ3) is 2.59. The van der Waals surface area contributed by atoms with E-state index in [1.165, 1.54) is 11.5 Å². The maximum atomic E-state index is 11.6. The van der Waals surface area contributed by atoms with Crippen LogP contribution in [0.2, 0.25) is 0 Å². The zero-order chi connectivity index (χ0) is 13.5. The summed E-state index contributed by atoms with van der Waals surface area (Å²) in [4.78, 5) is 16.1. The first kappa shape index (κ1) is 12.8. The lowest BCUT2D eigenvalue weighted by Crippen LogP contribution is -2.48. The molecule has 0 spiro atoms.